The summed E-state index contributed by atoms with van der Waals surface area (Å²) in [5.74, 6) is 0. The highest BCUT2D eigenvalue weighted by molar-refractivity contribution is 9.11. The third-order valence-corrected chi connectivity index (χ3v) is 5.05. The Morgan fingerprint density at radius 2 is 2.14 bits per heavy atom. The summed E-state index contributed by atoms with van der Waals surface area (Å²) in [4.78, 5) is 7.15. The van der Waals surface area contributed by atoms with E-state index < -0.39 is 0 Å². The molecule has 2 aromatic heterocycles. The highest BCUT2D eigenvalue weighted by atomic mass is 79.9. The van der Waals surface area contributed by atoms with Crippen LogP contribution in [0.1, 0.15) is 17.6 Å². The van der Waals surface area contributed by atoms with Gasteiger partial charge in [-0.2, -0.15) is 0 Å². The number of aromatic nitrogens is 1. The topological polar surface area (TPSA) is 12.9 Å². The van der Waals surface area contributed by atoms with E-state index in [1.165, 1.54) is 18.5 Å². The Bertz CT molecular complexity index is 445. The first-order chi connectivity index (χ1) is 6.70. The quantitative estimate of drug-likeness (QED) is 0.792. The van der Waals surface area contributed by atoms with Crippen molar-refractivity contribution in [3.8, 4) is 9.75 Å². The number of thiazole rings is 1. The summed E-state index contributed by atoms with van der Waals surface area (Å²) in [6, 6.07) is 4.24. The van der Waals surface area contributed by atoms with Gasteiger partial charge in [0, 0.05) is 4.88 Å². The van der Waals surface area contributed by atoms with E-state index in [1.807, 2.05) is 0 Å². The maximum absolute atomic E-state index is 4.52. The van der Waals surface area contributed by atoms with Crippen molar-refractivity contribution in [2.75, 3.05) is 0 Å². The predicted octanol–water partition coefficient (Wildman–Crippen LogP) is 4.50. The number of thiophene rings is 1. The van der Waals surface area contributed by atoms with Crippen molar-refractivity contribution in [1.29, 1.82) is 0 Å². The molecular weight excluding hydrogens is 278 g/mol. The van der Waals surface area contributed by atoms with Crippen LogP contribution in [-0.4, -0.2) is 4.98 Å². The Labute approximate surface area is 100.0 Å². The minimum atomic E-state index is 1.03. The number of aryl methyl sites for hydroxylation is 2. The molecule has 0 unspecified atom stereocenters. The first-order valence-corrected chi connectivity index (χ1v) is 6.85. The van der Waals surface area contributed by atoms with E-state index >= 15 is 0 Å². The largest absolute Gasteiger partial charge is 0.246 e. The zero-order valence-electron chi connectivity index (χ0n) is 8.00. The average molecular weight is 288 g/mol. The molecule has 0 fully saturated rings. The minimum absolute atomic E-state index is 1.03. The molecule has 0 atom stereocenters. The van der Waals surface area contributed by atoms with Crippen LogP contribution in [0.5, 0.6) is 0 Å². The number of nitrogens with zero attached hydrogens (tertiary/aromatic N) is 1. The standard InChI is InChI=1S/C10H10BrNS2/c1-3-9-12-6(2)10(14-9)7-4-5-8(11)13-7/h4-5H,3H2,1-2H3. The molecular formula is C10H10BrNS2. The van der Waals surface area contributed by atoms with Crippen LogP contribution in [0.25, 0.3) is 9.75 Å². The van der Waals surface area contributed by atoms with Crippen molar-refractivity contribution in [2.45, 2.75) is 20.3 Å². The molecule has 0 N–H and O–H groups in total. The Kier molecular flexibility index (Phi) is 3.04. The molecule has 1 nitrogen and oxygen atoms in total. The molecule has 0 spiro atoms. The van der Waals surface area contributed by atoms with E-state index in [4.69, 9.17) is 0 Å². The molecule has 2 heterocycles. The van der Waals surface area contributed by atoms with Crippen LogP contribution in [0.2, 0.25) is 0 Å². The summed E-state index contributed by atoms with van der Waals surface area (Å²) in [6.07, 6.45) is 1.03. The highest BCUT2D eigenvalue weighted by Gasteiger charge is 2.10. The molecule has 0 radical (unpaired) electrons. The van der Waals surface area contributed by atoms with Gasteiger partial charge in [0.1, 0.15) is 0 Å². The van der Waals surface area contributed by atoms with Gasteiger partial charge in [-0.1, -0.05) is 6.92 Å². The van der Waals surface area contributed by atoms with Crippen LogP contribution in [-0.2, 0) is 6.42 Å². The minimum Gasteiger partial charge on any atom is -0.246 e. The molecule has 0 aliphatic carbocycles. The molecule has 74 valence electrons. The van der Waals surface area contributed by atoms with E-state index in [0.29, 0.717) is 0 Å². The second-order valence-corrected chi connectivity index (χ2v) is 6.53. The Morgan fingerprint density at radius 3 is 2.64 bits per heavy atom. The first-order valence-electron chi connectivity index (χ1n) is 4.42. The molecule has 0 aliphatic rings. The van der Waals surface area contributed by atoms with E-state index in [0.717, 1.165) is 12.1 Å². The fraction of sp³-hybridized carbons (Fsp3) is 0.300. The number of hydrogen-bond acceptors (Lipinski definition) is 3. The molecule has 0 bridgehead atoms. The molecule has 0 saturated carbocycles. The zero-order chi connectivity index (χ0) is 10.1. The summed E-state index contributed by atoms with van der Waals surface area (Å²) >= 11 is 7.05. The van der Waals surface area contributed by atoms with Gasteiger partial charge in [0.25, 0.3) is 0 Å². The molecule has 0 saturated heterocycles. The molecule has 2 aromatic rings. The number of rotatable bonds is 2. The molecule has 0 aromatic carbocycles. The SMILES string of the molecule is CCc1nc(C)c(-c2ccc(Br)s2)s1. The second kappa shape index (κ2) is 4.13. The summed E-state index contributed by atoms with van der Waals surface area (Å²) in [6.45, 7) is 4.23. The van der Waals surface area contributed by atoms with Gasteiger partial charge in [-0.3, -0.25) is 0 Å². The lowest BCUT2D eigenvalue weighted by atomic mass is 10.3. The Hall–Kier alpha value is -0.190. The molecule has 2 rings (SSSR count). The van der Waals surface area contributed by atoms with Crippen LogP contribution in [0.3, 0.4) is 0 Å². The van der Waals surface area contributed by atoms with Crippen LogP contribution < -0.4 is 0 Å². The summed E-state index contributed by atoms with van der Waals surface area (Å²) in [7, 11) is 0. The van der Waals surface area contributed by atoms with Gasteiger partial charge in [-0.05, 0) is 41.4 Å². The lowest BCUT2D eigenvalue weighted by Crippen LogP contribution is -1.76. The third kappa shape index (κ3) is 1.92. The summed E-state index contributed by atoms with van der Waals surface area (Å²) in [5.41, 5.74) is 1.15. The smallest absolute Gasteiger partial charge is 0.0932 e. The van der Waals surface area contributed by atoms with Crippen molar-refractivity contribution in [3.05, 3.63) is 26.6 Å². The molecule has 4 heteroatoms. The van der Waals surface area contributed by atoms with Gasteiger partial charge < -0.3 is 0 Å². The lowest BCUT2D eigenvalue weighted by Gasteiger charge is -1.90. The van der Waals surface area contributed by atoms with Crippen LogP contribution in [0, 0.1) is 6.92 Å². The Morgan fingerprint density at radius 1 is 1.36 bits per heavy atom. The van der Waals surface area contributed by atoms with Gasteiger partial charge >= 0.3 is 0 Å². The maximum Gasteiger partial charge on any atom is 0.0932 e. The monoisotopic (exact) mass is 287 g/mol. The molecule has 0 aliphatic heterocycles. The van der Waals surface area contributed by atoms with Gasteiger partial charge in [0.15, 0.2) is 0 Å². The first kappa shape index (κ1) is 10.3. The van der Waals surface area contributed by atoms with Crippen LogP contribution >= 0.6 is 38.6 Å². The highest BCUT2D eigenvalue weighted by Crippen LogP contribution is 2.36. The summed E-state index contributed by atoms with van der Waals surface area (Å²) in [5, 5.41) is 1.22. The van der Waals surface area contributed by atoms with Crippen molar-refractivity contribution >= 4 is 38.6 Å². The van der Waals surface area contributed by atoms with Crippen LogP contribution in [0.4, 0.5) is 0 Å². The maximum atomic E-state index is 4.52. The fourth-order valence-corrected chi connectivity index (χ4v) is 3.82. The normalized spacial score (nSPS) is 10.8. The summed E-state index contributed by atoms with van der Waals surface area (Å²) < 4.78 is 1.18. The van der Waals surface area contributed by atoms with E-state index in [9.17, 15) is 0 Å². The van der Waals surface area contributed by atoms with Gasteiger partial charge in [0.2, 0.25) is 0 Å². The third-order valence-electron chi connectivity index (χ3n) is 1.94. The predicted molar refractivity (Wildman–Crippen MR) is 67.2 cm³/mol. The van der Waals surface area contributed by atoms with Crippen molar-refractivity contribution < 1.29 is 0 Å². The van der Waals surface area contributed by atoms with Gasteiger partial charge in [-0.25, -0.2) is 4.98 Å². The van der Waals surface area contributed by atoms with Crippen molar-refractivity contribution in [1.82, 2.24) is 4.98 Å². The Balaban J connectivity index is 2.45. The number of hydrogen-bond donors (Lipinski definition) is 0. The fourth-order valence-electron chi connectivity index (χ4n) is 1.27. The van der Waals surface area contributed by atoms with Gasteiger partial charge in [-0.15, -0.1) is 22.7 Å². The zero-order valence-corrected chi connectivity index (χ0v) is 11.2. The molecule has 0 amide bonds. The van der Waals surface area contributed by atoms with Gasteiger partial charge in [0.05, 0.1) is 19.4 Å². The lowest BCUT2D eigenvalue weighted by molar-refractivity contribution is 1.07. The second-order valence-electron chi connectivity index (χ2n) is 2.98. The number of halogens is 1. The average Bonchev–Trinajstić information content (AvgIpc) is 2.71. The van der Waals surface area contributed by atoms with E-state index in [2.05, 4.69) is 46.9 Å². The van der Waals surface area contributed by atoms with Crippen molar-refractivity contribution in [3.63, 3.8) is 0 Å². The van der Waals surface area contributed by atoms with E-state index in [-0.39, 0.29) is 0 Å². The van der Waals surface area contributed by atoms with E-state index in [1.54, 1.807) is 22.7 Å². The van der Waals surface area contributed by atoms with Crippen LogP contribution in [0.15, 0.2) is 15.9 Å². The molecule has 14 heavy (non-hydrogen) atoms. The van der Waals surface area contributed by atoms with Crippen molar-refractivity contribution in [2.24, 2.45) is 0 Å².